The Balaban J connectivity index is 0.000000878. The van der Waals surface area contributed by atoms with Crippen LogP contribution in [0.1, 0.15) is 48.7 Å². The van der Waals surface area contributed by atoms with Crippen LogP contribution in [0, 0.1) is 17.1 Å². The molecule has 1 heterocycles. The lowest BCUT2D eigenvalue weighted by atomic mass is 10.1. The SMILES string of the molecule is C=Cc1cc2c(C#N)cn(-c3ccc(C(=O)OCC)cc3)c2cc1F.CCC. The Morgan fingerprint density at radius 2 is 1.89 bits per heavy atom. The molecule has 0 amide bonds. The van der Waals surface area contributed by atoms with Crippen LogP contribution in [0.5, 0.6) is 0 Å². The van der Waals surface area contributed by atoms with Gasteiger partial charge in [-0.1, -0.05) is 32.9 Å². The van der Waals surface area contributed by atoms with Crippen LogP contribution in [0.4, 0.5) is 4.39 Å². The minimum absolute atomic E-state index is 0.305. The molecule has 0 N–H and O–H groups in total. The van der Waals surface area contributed by atoms with Gasteiger partial charge in [0.2, 0.25) is 0 Å². The summed E-state index contributed by atoms with van der Waals surface area (Å²) in [7, 11) is 0. The number of esters is 1. The molecule has 0 spiro atoms. The number of hydrogen-bond donors (Lipinski definition) is 0. The van der Waals surface area contributed by atoms with Crippen molar-refractivity contribution in [3.05, 3.63) is 71.7 Å². The minimum Gasteiger partial charge on any atom is -0.462 e. The average Bonchev–Trinajstić information content (AvgIpc) is 3.05. The number of rotatable bonds is 4. The normalized spacial score (nSPS) is 9.96. The monoisotopic (exact) mass is 378 g/mol. The Bertz CT molecular complexity index is 1030. The number of fused-ring (bicyclic) bond motifs is 1. The van der Waals surface area contributed by atoms with Crippen LogP contribution in [-0.4, -0.2) is 17.1 Å². The number of carbonyl (C=O) groups excluding carboxylic acids is 1. The third-order valence-corrected chi connectivity index (χ3v) is 3.92. The largest absolute Gasteiger partial charge is 0.462 e. The van der Waals surface area contributed by atoms with Gasteiger partial charge in [-0.15, -0.1) is 0 Å². The molecule has 0 aliphatic carbocycles. The lowest BCUT2D eigenvalue weighted by Gasteiger charge is -2.07. The first-order valence-electron chi connectivity index (χ1n) is 9.15. The van der Waals surface area contributed by atoms with Gasteiger partial charge in [-0.25, -0.2) is 9.18 Å². The van der Waals surface area contributed by atoms with Crippen LogP contribution < -0.4 is 0 Å². The van der Waals surface area contributed by atoms with Crippen molar-refractivity contribution in [2.75, 3.05) is 6.61 Å². The van der Waals surface area contributed by atoms with Crippen LogP contribution in [0.2, 0.25) is 0 Å². The highest BCUT2D eigenvalue weighted by Gasteiger charge is 2.14. The first kappa shape index (κ1) is 20.9. The molecule has 0 saturated carbocycles. The molecule has 5 heteroatoms. The van der Waals surface area contributed by atoms with Crippen molar-refractivity contribution < 1.29 is 13.9 Å². The van der Waals surface area contributed by atoms with E-state index in [0.717, 1.165) is 0 Å². The number of hydrogen-bond acceptors (Lipinski definition) is 3. The molecular weight excluding hydrogens is 355 g/mol. The van der Waals surface area contributed by atoms with Gasteiger partial charge in [-0.3, -0.25) is 0 Å². The molecule has 3 rings (SSSR count). The highest BCUT2D eigenvalue weighted by atomic mass is 19.1. The second kappa shape index (κ2) is 9.52. The summed E-state index contributed by atoms with van der Waals surface area (Å²) in [4.78, 5) is 11.7. The van der Waals surface area contributed by atoms with Crippen LogP contribution in [0.15, 0.2) is 49.2 Å². The standard InChI is InChI=1S/C20H15FN2O2.C3H8/c1-3-13-9-17-15(11-22)12-23(19(17)10-18(13)21)16-7-5-14(6-8-16)20(24)25-4-2;1-3-2/h3,5-10,12H,1,4H2,2H3;3H2,1-2H3. The summed E-state index contributed by atoms with van der Waals surface area (Å²) in [5.74, 6) is -0.805. The van der Waals surface area contributed by atoms with Crippen LogP contribution in [0.25, 0.3) is 22.7 Å². The number of nitrogens with zero attached hydrogens (tertiary/aromatic N) is 2. The van der Waals surface area contributed by atoms with E-state index in [1.165, 1.54) is 18.6 Å². The van der Waals surface area contributed by atoms with E-state index in [2.05, 4.69) is 26.5 Å². The van der Waals surface area contributed by atoms with Crippen molar-refractivity contribution in [3.63, 3.8) is 0 Å². The summed E-state index contributed by atoms with van der Waals surface area (Å²) in [5.41, 5.74) is 2.50. The van der Waals surface area contributed by atoms with Gasteiger partial charge in [-0.2, -0.15) is 5.26 Å². The summed E-state index contributed by atoms with van der Waals surface area (Å²) < 4.78 is 20.8. The van der Waals surface area contributed by atoms with Gasteiger partial charge < -0.3 is 9.30 Å². The van der Waals surface area contributed by atoms with Gasteiger partial charge in [0.25, 0.3) is 0 Å². The molecule has 28 heavy (non-hydrogen) atoms. The van der Waals surface area contributed by atoms with Crippen molar-refractivity contribution in [2.45, 2.75) is 27.2 Å². The Morgan fingerprint density at radius 1 is 1.25 bits per heavy atom. The lowest BCUT2D eigenvalue weighted by molar-refractivity contribution is 0.0526. The van der Waals surface area contributed by atoms with Crippen molar-refractivity contribution in [3.8, 4) is 11.8 Å². The molecule has 0 unspecified atom stereocenters. The summed E-state index contributed by atoms with van der Waals surface area (Å²) in [6, 6.07) is 11.9. The molecular formula is C23H23FN2O2. The number of nitriles is 1. The molecule has 0 aliphatic heterocycles. The van der Waals surface area contributed by atoms with Gasteiger partial charge in [0.05, 0.1) is 23.3 Å². The van der Waals surface area contributed by atoms with Crippen molar-refractivity contribution >= 4 is 22.9 Å². The molecule has 0 atom stereocenters. The van der Waals surface area contributed by atoms with E-state index in [1.54, 1.807) is 48.0 Å². The highest BCUT2D eigenvalue weighted by Crippen LogP contribution is 2.28. The summed E-state index contributed by atoms with van der Waals surface area (Å²) >= 11 is 0. The smallest absolute Gasteiger partial charge is 0.338 e. The van der Waals surface area contributed by atoms with Crippen molar-refractivity contribution in [1.29, 1.82) is 5.26 Å². The second-order valence-electron chi connectivity index (χ2n) is 6.09. The molecule has 4 nitrogen and oxygen atoms in total. The number of halogens is 1. The fourth-order valence-corrected chi connectivity index (χ4v) is 2.69. The zero-order valence-corrected chi connectivity index (χ0v) is 16.3. The summed E-state index contributed by atoms with van der Waals surface area (Å²) in [6.45, 7) is 9.89. The number of ether oxygens (including phenoxy) is 1. The molecule has 1 aromatic heterocycles. The fourth-order valence-electron chi connectivity index (χ4n) is 2.69. The molecule has 2 aromatic carbocycles. The van der Waals surface area contributed by atoms with Gasteiger partial charge >= 0.3 is 5.97 Å². The Morgan fingerprint density at radius 3 is 2.43 bits per heavy atom. The molecule has 0 radical (unpaired) electrons. The van der Waals surface area contributed by atoms with E-state index < -0.39 is 11.8 Å². The minimum atomic E-state index is -0.408. The number of carbonyl (C=O) groups is 1. The van der Waals surface area contributed by atoms with E-state index >= 15 is 0 Å². The summed E-state index contributed by atoms with van der Waals surface area (Å²) in [6.07, 6.45) is 4.32. The molecule has 0 aliphatic rings. The predicted molar refractivity (Wildman–Crippen MR) is 110 cm³/mol. The molecule has 0 fully saturated rings. The zero-order chi connectivity index (χ0) is 20.7. The first-order chi connectivity index (χ1) is 13.5. The molecule has 0 bridgehead atoms. The fraction of sp³-hybridized carbons (Fsp3) is 0.217. The van der Waals surface area contributed by atoms with Gasteiger partial charge in [0.15, 0.2) is 0 Å². The van der Waals surface area contributed by atoms with Crippen LogP contribution >= 0.6 is 0 Å². The lowest BCUT2D eigenvalue weighted by Crippen LogP contribution is -2.04. The molecule has 144 valence electrons. The van der Waals surface area contributed by atoms with Gasteiger partial charge in [-0.05, 0) is 43.3 Å². The van der Waals surface area contributed by atoms with E-state index in [1.807, 2.05) is 0 Å². The third kappa shape index (κ3) is 4.29. The maximum atomic E-state index is 14.2. The second-order valence-corrected chi connectivity index (χ2v) is 6.09. The van der Waals surface area contributed by atoms with Crippen LogP contribution in [0.3, 0.4) is 0 Å². The Hall–Kier alpha value is -3.39. The zero-order valence-electron chi connectivity index (χ0n) is 16.3. The maximum Gasteiger partial charge on any atom is 0.338 e. The Labute approximate surface area is 164 Å². The predicted octanol–water partition coefficient (Wildman–Crippen LogP) is 5.88. The molecule has 3 aromatic rings. The quantitative estimate of drug-likeness (QED) is 0.533. The van der Waals surface area contributed by atoms with E-state index in [4.69, 9.17) is 4.74 Å². The van der Waals surface area contributed by atoms with E-state index in [-0.39, 0.29) is 0 Å². The summed E-state index contributed by atoms with van der Waals surface area (Å²) in [5, 5.41) is 10.0. The van der Waals surface area contributed by atoms with Gasteiger partial charge in [0.1, 0.15) is 11.9 Å². The van der Waals surface area contributed by atoms with Crippen LogP contribution in [-0.2, 0) is 4.74 Å². The number of benzene rings is 2. The highest BCUT2D eigenvalue weighted by molar-refractivity contribution is 5.91. The topological polar surface area (TPSA) is 55.0 Å². The van der Waals surface area contributed by atoms with E-state index in [0.29, 0.717) is 39.9 Å². The molecule has 0 saturated heterocycles. The number of aromatic nitrogens is 1. The maximum absolute atomic E-state index is 14.2. The van der Waals surface area contributed by atoms with E-state index in [9.17, 15) is 14.4 Å². The Kier molecular flexibility index (Phi) is 7.11. The van der Waals surface area contributed by atoms with Gasteiger partial charge in [0, 0.05) is 22.8 Å². The van der Waals surface area contributed by atoms with Crippen molar-refractivity contribution in [1.82, 2.24) is 4.57 Å². The van der Waals surface area contributed by atoms with Crippen molar-refractivity contribution in [2.24, 2.45) is 0 Å². The first-order valence-corrected chi connectivity index (χ1v) is 9.15. The third-order valence-electron chi connectivity index (χ3n) is 3.92. The average molecular weight is 378 g/mol.